The van der Waals surface area contributed by atoms with E-state index in [2.05, 4.69) is 5.32 Å². The topological polar surface area (TPSA) is 63.2 Å². The van der Waals surface area contributed by atoms with Gasteiger partial charge in [0.25, 0.3) is 0 Å². The van der Waals surface area contributed by atoms with Crippen molar-refractivity contribution >= 4 is 28.7 Å². The van der Waals surface area contributed by atoms with Gasteiger partial charge in [-0.15, -0.1) is 0 Å². The molecule has 0 radical (unpaired) electrons. The third kappa shape index (κ3) is 2.54. The van der Waals surface area contributed by atoms with E-state index in [0.717, 1.165) is 33.4 Å². The number of carbonyl (C=O) groups excluding carboxylic acids is 3. The van der Waals surface area contributed by atoms with Crippen molar-refractivity contribution in [1.29, 1.82) is 0 Å². The molecule has 4 aromatic rings. The number of benzene rings is 4. The standard InChI is InChI=1S/C33H23NO3/c35-29-27-28(30(36)34-29)33(24-19-11-4-12-20-24)26(22-15-7-2-8-16-22)25(21-13-5-1-6-14-21)32(27,31(33)37)23-17-9-3-10-18-23/h1-20,27-28H,(H,34,35,36)/t27-,28+,32+,33-. The number of fused-ring (bicyclic) bond motifs is 5. The molecule has 3 aliphatic rings. The molecule has 0 spiro atoms. The number of hydrogen-bond acceptors (Lipinski definition) is 3. The van der Waals surface area contributed by atoms with Crippen molar-refractivity contribution in [2.75, 3.05) is 0 Å². The molecule has 178 valence electrons. The number of rotatable bonds is 4. The molecule has 4 aromatic carbocycles. The first-order chi connectivity index (χ1) is 18.1. The van der Waals surface area contributed by atoms with Gasteiger partial charge in [0, 0.05) is 0 Å². The van der Waals surface area contributed by atoms with Crippen LogP contribution in [0.1, 0.15) is 22.3 Å². The van der Waals surface area contributed by atoms with E-state index in [9.17, 15) is 9.59 Å². The van der Waals surface area contributed by atoms with Crippen LogP contribution in [0.25, 0.3) is 11.1 Å². The van der Waals surface area contributed by atoms with Gasteiger partial charge in [-0.3, -0.25) is 19.7 Å². The fourth-order valence-corrected chi connectivity index (χ4v) is 7.26. The van der Waals surface area contributed by atoms with Gasteiger partial charge in [0.1, 0.15) is 0 Å². The highest BCUT2D eigenvalue weighted by molar-refractivity contribution is 6.35. The summed E-state index contributed by atoms with van der Waals surface area (Å²) < 4.78 is 0. The first-order valence-electron chi connectivity index (χ1n) is 12.5. The maximum absolute atomic E-state index is 15.3. The second kappa shape index (κ2) is 7.71. The number of allylic oxidation sites excluding steroid dienone is 2. The van der Waals surface area contributed by atoms with E-state index < -0.39 is 22.7 Å². The van der Waals surface area contributed by atoms with Crippen LogP contribution >= 0.6 is 0 Å². The molecule has 4 atom stereocenters. The van der Waals surface area contributed by atoms with Crippen molar-refractivity contribution in [3.8, 4) is 0 Å². The van der Waals surface area contributed by atoms with Crippen molar-refractivity contribution in [3.63, 3.8) is 0 Å². The predicted molar refractivity (Wildman–Crippen MR) is 141 cm³/mol. The maximum Gasteiger partial charge on any atom is 0.232 e. The van der Waals surface area contributed by atoms with E-state index in [0.29, 0.717) is 0 Å². The first kappa shape index (κ1) is 21.7. The van der Waals surface area contributed by atoms with Gasteiger partial charge in [-0.05, 0) is 33.4 Å². The summed E-state index contributed by atoms with van der Waals surface area (Å²) in [4.78, 5) is 42.6. The van der Waals surface area contributed by atoms with E-state index in [-0.39, 0.29) is 17.6 Å². The minimum atomic E-state index is -1.31. The number of carbonyl (C=O) groups is 3. The lowest BCUT2D eigenvalue weighted by molar-refractivity contribution is -0.132. The summed E-state index contributed by atoms with van der Waals surface area (Å²) in [5.74, 6) is -2.57. The predicted octanol–water partition coefficient (Wildman–Crippen LogP) is 4.96. The zero-order valence-corrected chi connectivity index (χ0v) is 19.9. The lowest BCUT2D eigenvalue weighted by atomic mass is 9.59. The molecular formula is C33H23NO3. The van der Waals surface area contributed by atoms with Gasteiger partial charge >= 0.3 is 0 Å². The third-order valence-corrected chi connectivity index (χ3v) is 8.42. The monoisotopic (exact) mass is 481 g/mol. The summed E-state index contributed by atoms with van der Waals surface area (Å²) in [5.41, 5.74) is 2.22. The molecule has 2 aliphatic carbocycles. The van der Waals surface area contributed by atoms with E-state index in [4.69, 9.17) is 0 Å². The third-order valence-electron chi connectivity index (χ3n) is 8.42. The second-order valence-corrected chi connectivity index (χ2v) is 9.97. The van der Waals surface area contributed by atoms with Crippen LogP contribution in [-0.4, -0.2) is 17.6 Å². The van der Waals surface area contributed by atoms with Gasteiger partial charge in [0.15, 0.2) is 5.78 Å². The fraction of sp³-hybridized carbons (Fsp3) is 0.121. The van der Waals surface area contributed by atoms with Crippen molar-refractivity contribution in [2.24, 2.45) is 11.8 Å². The Morgan fingerprint density at radius 2 is 0.784 bits per heavy atom. The van der Waals surface area contributed by atoms with Crippen LogP contribution in [0.5, 0.6) is 0 Å². The van der Waals surface area contributed by atoms with Crippen LogP contribution in [0.3, 0.4) is 0 Å². The van der Waals surface area contributed by atoms with E-state index >= 15 is 4.79 Å². The number of ketones is 1. The molecule has 4 nitrogen and oxygen atoms in total. The van der Waals surface area contributed by atoms with Gasteiger partial charge in [0.05, 0.1) is 22.7 Å². The number of hydrogen-bond donors (Lipinski definition) is 1. The van der Waals surface area contributed by atoms with Gasteiger partial charge in [-0.2, -0.15) is 0 Å². The number of imide groups is 1. The molecule has 37 heavy (non-hydrogen) atoms. The highest BCUT2D eigenvalue weighted by Crippen LogP contribution is 2.73. The Kier molecular flexibility index (Phi) is 4.52. The van der Waals surface area contributed by atoms with Crippen molar-refractivity contribution < 1.29 is 14.4 Å². The molecule has 1 N–H and O–H groups in total. The summed E-state index contributed by atoms with van der Waals surface area (Å²) in [6, 6.07) is 38.8. The average Bonchev–Trinajstić information content (AvgIpc) is 3.49. The molecule has 1 aliphatic heterocycles. The SMILES string of the molecule is O=C1NC(=O)[C@H]2[C@@H]1[C@]1(c3ccccc3)C(=O)[C@@]2(c2ccccc2)C(c2ccccc2)=C1c1ccccc1. The summed E-state index contributed by atoms with van der Waals surface area (Å²) in [5, 5.41) is 2.62. The molecule has 2 amide bonds. The summed E-state index contributed by atoms with van der Waals surface area (Å²) >= 11 is 0. The second-order valence-electron chi connectivity index (χ2n) is 9.97. The Morgan fingerprint density at radius 3 is 1.14 bits per heavy atom. The molecule has 0 unspecified atom stereocenters. The van der Waals surface area contributed by atoms with Crippen LogP contribution in [0.15, 0.2) is 121 Å². The molecule has 7 rings (SSSR count). The lowest BCUT2D eigenvalue weighted by Gasteiger charge is -2.39. The van der Waals surface area contributed by atoms with Crippen molar-refractivity contribution in [2.45, 2.75) is 10.8 Å². The van der Waals surface area contributed by atoms with Gasteiger partial charge in [-0.1, -0.05) is 121 Å². The van der Waals surface area contributed by atoms with Crippen LogP contribution in [-0.2, 0) is 25.2 Å². The van der Waals surface area contributed by atoms with Crippen LogP contribution in [0.2, 0.25) is 0 Å². The number of amides is 2. The Labute approximate surface area is 214 Å². The van der Waals surface area contributed by atoms with Crippen molar-refractivity contribution in [3.05, 3.63) is 144 Å². The fourth-order valence-electron chi connectivity index (χ4n) is 7.26. The molecule has 2 bridgehead atoms. The highest BCUT2D eigenvalue weighted by Gasteiger charge is 2.81. The number of Topliss-reactive ketones (excluding diaryl/α,β-unsaturated/α-hetero) is 1. The van der Waals surface area contributed by atoms with Crippen LogP contribution in [0, 0.1) is 11.8 Å². The quantitative estimate of drug-likeness (QED) is 0.419. The Hall–Kier alpha value is -4.57. The molecule has 1 saturated heterocycles. The summed E-state index contributed by atoms with van der Waals surface area (Å²) in [7, 11) is 0. The van der Waals surface area contributed by atoms with Crippen LogP contribution in [0.4, 0.5) is 0 Å². The normalized spacial score (nSPS) is 27.9. The molecule has 2 fully saturated rings. The molecule has 1 heterocycles. The maximum atomic E-state index is 15.3. The smallest absolute Gasteiger partial charge is 0.232 e. The Morgan fingerprint density at radius 1 is 0.459 bits per heavy atom. The zero-order chi connectivity index (χ0) is 25.2. The largest absolute Gasteiger partial charge is 0.297 e. The molecular weight excluding hydrogens is 458 g/mol. The molecule has 1 saturated carbocycles. The number of nitrogens with one attached hydrogen (secondary N) is 1. The zero-order valence-electron chi connectivity index (χ0n) is 19.9. The minimum absolute atomic E-state index is 0.103. The van der Waals surface area contributed by atoms with Gasteiger partial charge in [0.2, 0.25) is 11.8 Å². The minimum Gasteiger partial charge on any atom is -0.297 e. The first-order valence-corrected chi connectivity index (χ1v) is 12.5. The summed E-state index contributed by atoms with van der Waals surface area (Å²) in [6.07, 6.45) is 0. The Bertz CT molecular complexity index is 1480. The van der Waals surface area contributed by atoms with Crippen LogP contribution < -0.4 is 5.32 Å². The Balaban J connectivity index is 1.73. The molecule has 4 heteroatoms. The van der Waals surface area contributed by atoms with E-state index in [1.807, 2.05) is 121 Å². The highest BCUT2D eigenvalue weighted by atomic mass is 16.2. The van der Waals surface area contributed by atoms with Gasteiger partial charge in [-0.25, -0.2) is 0 Å². The van der Waals surface area contributed by atoms with E-state index in [1.165, 1.54) is 0 Å². The van der Waals surface area contributed by atoms with Crippen molar-refractivity contribution in [1.82, 2.24) is 5.32 Å². The molecule has 0 aromatic heterocycles. The summed E-state index contributed by atoms with van der Waals surface area (Å²) in [6.45, 7) is 0. The lowest BCUT2D eigenvalue weighted by Crippen LogP contribution is -2.44. The van der Waals surface area contributed by atoms with Gasteiger partial charge < -0.3 is 0 Å². The van der Waals surface area contributed by atoms with E-state index in [1.54, 1.807) is 0 Å². The average molecular weight is 482 g/mol.